The van der Waals surface area contributed by atoms with E-state index in [2.05, 4.69) is 4.98 Å². The van der Waals surface area contributed by atoms with E-state index in [1.165, 1.54) is 18.0 Å². The Kier molecular flexibility index (Phi) is 7.62. The van der Waals surface area contributed by atoms with Gasteiger partial charge < -0.3 is 28.8 Å². The Balaban J connectivity index is 1.48. The normalized spacial score (nSPS) is 24.0. The number of nitrogens with zero attached hydrogens (tertiary/aromatic N) is 1. The number of hydrogen-bond acceptors (Lipinski definition) is 8. The lowest BCUT2D eigenvalue weighted by atomic mass is 9.94. The lowest BCUT2D eigenvalue weighted by Gasteiger charge is -2.31. The van der Waals surface area contributed by atoms with Crippen molar-refractivity contribution in [1.29, 1.82) is 0 Å². The van der Waals surface area contributed by atoms with Gasteiger partial charge in [-0.15, -0.1) is 0 Å². The van der Waals surface area contributed by atoms with Crippen molar-refractivity contribution in [1.82, 2.24) is 4.98 Å². The monoisotopic (exact) mass is 457 g/mol. The topological polar surface area (TPSA) is 94.2 Å². The molecule has 0 spiro atoms. The molecule has 2 heterocycles. The molecule has 7 nitrogen and oxygen atoms in total. The van der Waals surface area contributed by atoms with Crippen molar-refractivity contribution in [2.24, 2.45) is 0 Å². The third-order valence-electron chi connectivity index (χ3n) is 5.37. The molecule has 2 N–H and O–H groups in total. The molecule has 0 saturated carbocycles. The molecule has 0 bridgehead atoms. The van der Waals surface area contributed by atoms with Gasteiger partial charge in [0.15, 0.2) is 5.76 Å². The largest absolute Gasteiger partial charge is 0.434 e. The van der Waals surface area contributed by atoms with Crippen molar-refractivity contribution in [3.8, 4) is 0 Å². The second-order valence-electron chi connectivity index (χ2n) is 7.75. The summed E-state index contributed by atoms with van der Waals surface area (Å²) in [5, 5.41) is 22.8. The highest BCUT2D eigenvalue weighted by atomic mass is 32.2. The highest BCUT2D eigenvalue weighted by molar-refractivity contribution is 7.98. The molecule has 0 aliphatic carbocycles. The summed E-state index contributed by atoms with van der Waals surface area (Å²) in [5.74, 6) is 0.266. The summed E-state index contributed by atoms with van der Waals surface area (Å²) in [6.45, 7) is 0.566. The highest BCUT2D eigenvalue weighted by Crippen LogP contribution is 2.36. The Morgan fingerprint density at radius 1 is 1.09 bits per heavy atom. The average Bonchev–Trinajstić information content (AvgIpc) is 3.43. The third kappa shape index (κ3) is 5.40. The zero-order valence-corrected chi connectivity index (χ0v) is 18.6. The summed E-state index contributed by atoms with van der Waals surface area (Å²) in [7, 11) is 0. The average molecular weight is 458 g/mol. The van der Waals surface area contributed by atoms with Crippen LogP contribution in [0.1, 0.15) is 23.0 Å². The van der Waals surface area contributed by atoms with Crippen LogP contribution in [-0.2, 0) is 27.4 Å². The first-order valence-corrected chi connectivity index (χ1v) is 11.6. The predicted molar refractivity (Wildman–Crippen MR) is 119 cm³/mol. The standard InChI is InChI=1S/C24H27NO6S/c1-32-23-25-12-19(31-23)20(26)21-22(29-14-18-10-6-3-7-11-18)24(27,16-30-21)15-28-13-17-8-4-2-5-9-17/h2-12,20-22,26-27H,13-16H2,1H3/t20-,21+,22+,24+/m1/s1. The number of oxazole rings is 1. The molecule has 4 rings (SSSR count). The summed E-state index contributed by atoms with van der Waals surface area (Å²) in [4.78, 5) is 4.12. The van der Waals surface area contributed by atoms with E-state index in [0.717, 1.165) is 11.1 Å². The van der Waals surface area contributed by atoms with Crippen molar-refractivity contribution in [2.75, 3.05) is 19.5 Å². The van der Waals surface area contributed by atoms with E-state index in [1.54, 1.807) is 0 Å². The minimum atomic E-state index is -1.43. The van der Waals surface area contributed by atoms with Crippen molar-refractivity contribution < 1.29 is 28.8 Å². The number of ether oxygens (including phenoxy) is 3. The number of aliphatic hydroxyl groups excluding tert-OH is 1. The van der Waals surface area contributed by atoms with Crippen LogP contribution in [0.25, 0.3) is 0 Å². The molecule has 0 unspecified atom stereocenters. The summed E-state index contributed by atoms with van der Waals surface area (Å²) >= 11 is 1.34. The molecule has 1 aromatic heterocycles. The maximum absolute atomic E-state index is 11.4. The summed E-state index contributed by atoms with van der Waals surface area (Å²) < 4.78 is 23.3. The Morgan fingerprint density at radius 2 is 1.75 bits per heavy atom. The molecular weight excluding hydrogens is 430 g/mol. The van der Waals surface area contributed by atoms with Gasteiger partial charge in [-0.25, -0.2) is 4.98 Å². The SMILES string of the molecule is CSc1ncc([C@@H](O)[C@@H]2OC[C@@](O)(COCc3ccccc3)[C@H]2OCc2ccccc2)o1. The van der Waals surface area contributed by atoms with Gasteiger partial charge in [0.2, 0.25) is 0 Å². The van der Waals surface area contributed by atoms with Gasteiger partial charge in [-0.2, -0.15) is 0 Å². The first-order chi connectivity index (χ1) is 15.6. The maximum Gasteiger partial charge on any atom is 0.255 e. The van der Waals surface area contributed by atoms with Gasteiger partial charge in [-0.1, -0.05) is 72.4 Å². The predicted octanol–water partition coefficient (Wildman–Crippen LogP) is 3.36. The van der Waals surface area contributed by atoms with E-state index in [9.17, 15) is 10.2 Å². The quantitative estimate of drug-likeness (QED) is 0.448. The van der Waals surface area contributed by atoms with Crippen LogP contribution in [0, 0.1) is 0 Å². The van der Waals surface area contributed by atoms with E-state index in [0.29, 0.717) is 11.8 Å². The highest BCUT2D eigenvalue weighted by Gasteiger charge is 2.53. The van der Waals surface area contributed by atoms with Crippen LogP contribution in [0.5, 0.6) is 0 Å². The summed E-state index contributed by atoms with van der Waals surface area (Å²) in [5.41, 5.74) is 0.515. The fourth-order valence-corrected chi connectivity index (χ4v) is 4.03. The molecule has 2 aromatic carbocycles. The van der Waals surface area contributed by atoms with E-state index in [4.69, 9.17) is 18.6 Å². The van der Waals surface area contributed by atoms with E-state index < -0.39 is 23.9 Å². The molecule has 0 radical (unpaired) electrons. The number of thioether (sulfide) groups is 1. The number of benzene rings is 2. The Labute approximate surface area is 191 Å². The van der Waals surface area contributed by atoms with Crippen LogP contribution in [0.2, 0.25) is 0 Å². The number of aromatic nitrogens is 1. The van der Waals surface area contributed by atoms with E-state index in [-0.39, 0.29) is 25.6 Å². The fraction of sp³-hybridized carbons (Fsp3) is 0.375. The van der Waals surface area contributed by atoms with Gasteiger partial charge in [-0.3, -0.25) is 0 Å². The molecule has 170 valence electrons. The van der Waals surface area contributed by atoms with Crippen LogP contribution in [0.3, 0.4) is 0 Å². The van der Waals surface area contributed by atoms with Gasteiger partial charge in [0.25, 0.3) is 5.22 Å². The van der Waals surface area contributed by atoms with E-state index in [1.807, 2.05) is 66.9 Å². The minimum Gasteiger partial charge on any atom is -0.434 e. The van der Waals surface area contributed by atoms with Crippen molar-refractivity contribution in [3.63, 3.8) is 0 Å². The van der Waals surface area contributed by atoms with E-state index >= 15 is 0 Å². The van der Waals surface area contributed by atoms with Crippen LogP contribution in [-0.4, -0.2) is 52.5 Å². The van der Waals surface area contributed by atoms with Crippen LogP contribution >= 0.6 is 11.8 Å². The fourth-order valence-electron chi connectivity index (χ4n) is 3.69. The molecule has 3 aromatic rings. The number of hydrogen-bond donors (Lipinski definition) is 2. The molecule has 1 fully saturated rings. The zero-order chi connectivity index (χ0) is 22.4. The molecule has 0 amide bonds. The third-order valence-corrected chi connectivity index (χ3v) is 5.91. The minimum absolute atomic E-state index is 0.00294. The first kappa shape index (κ1) is 23.0. The molecule has 8 heteroatoms. The van der Waals surface area contributed by atoms with Gasteiger partial charge in [0.1, 0.15) is 23.9 Å². The molecule has 32 heavy (non-hydrogen) atoms. The lowest BCUT2D eigenvalue weighted by Crippen LogP contribution is -2.50. The summed E-state index contributed by atoms with van der Waals surface area (Å²) in [6.07, 6.45) is 0.482. The summed E-state index contributed by atoms with van der Waals surface area (Å²) in [6, 6.07) is 19.4. The second kappa shape index (κ2) is 10.6. The first-order valence-electron chi connectivity index (χ1n) is 10.4. The molecule has 1 aliphatic rings. The molecular formula is C24H27NO6S. The smallest absolute Gasteiger partial charge is 0.255 e. The maximum atomic E-state index is 11.4. The van der Waals surface area contributed by atoms with Gasteiger partial charge in [-0.05, 0) is 17.4 Å². The number of rotatable bonds is 10. The lowest BCUT2D eigenvalue weighted by molar-refractivity contribution is -0.143. The molecule has 4 atom stereocenters. The molecule has 1 aliphatic heterocycles. The van der Waals surface area contributed by atoms with Crippen molar-refractivity contribution in [2.45, 2.75) is 42.3 Å². The van der Waals surface area contributed by atoms with Crippen molar-refractivity contribution >= 4 is 11.8 Å². The van der Waals surface area contributed by atoms with Crippen LogP contribution < -0.4 is 0 Å². The molecule has 1 saturated heterocycles. The van der Waals surface area contributed by atoms with Gasteiger partial charge in [0.05, 0.1) is 32.6 Å². The van der Waals surface area contributed by atoms with Crippen LogP contribution in [0.15, 0.2) is 76.5 Å². The zero-order valence-electron chi connectivity index (χ0n) is 17.8. The second-order valence-corrected chi connectivity index (χ2v) is 8.51. The Hall–Kier alpha value is -2.20. The van der Waals surface area contributed by atoms with Gasteiger partial charge >= 0.3 is 0 Å². The van der Waals surface area contributed by atoms with Crippen molar-refractivity contribution in [3.05, 3.63) is 83.7 Å². The number of aliphatic hydroxyl groups is 2. The Morgan fingerprint density at radius 3 is 2.38 bits per heavy atom. The van der Waals surface area contributed by atoms with Crippen LogP contribution in [0.4, 0.5) is 0 Å². The van der Waals surface area contributed by atoms with Gasteiger partial charge in [0, 0.05) is 0 Å². The Bertz CT molecular complexity index is 969.